The number of hydrogen-bond donors (Lipinski definition) is 2. The van der Waals surface area contributed by atoms with Gasteiger partial charge in [0.1, 0.15) is 11.8 Å². The van der Waals surface area contributed by atoms with Crippen LogP contribution in [0.3, 0.4) is 0 Å². The number of nitrogens with one attached hydrogen (secondary N) is 2. The normalized spacial score (nSPS) is 14.1. The first-order valence-corrected chi connectivity index (χ1v) is 6.26. The Kier molecular flexibility index (Phi) is 3.92. The fourth-order valence-electron chi connectivity index (χ4n) is 1.55. The number of anilines is 1. The lowest BCUT2D eigenvalue weighted by Gasteiger charge is -2.12. The van der Waals surface area contributed by atoms with Gasteiger partial charge in [0, 0.05) is 17.3 Å². The van der Waals surface area contributed by atoms with Gasteiger partial charge in [-0.3, -0.25) is 9.59 Å². The van der Waals surface area contributed by atoms with E-state index in [9.17, 15) is 9.59 Å². The number of halogens is 1. The molecule has 6 nitrogen and oxygen atoms in total. The number of carbonyl (C=O) groups excluding carboxylic acids is 2. The SMILES string of the molecule is N#Cc1cc(Br)ccc1NC(=O)C1=NNC(=O)CC1. The Balaban J connectivity index is 2.16. The lowest BCUT2D eigenvalue weighted by molar-refractivity contribution is -0.121. The van der Waals surface area contributed by atoms with Crippen LogP contribution in [0.15, 0.2) is 27.8 Å². The molecule has 2 N–H and O–H groups in total. The van der Waals surface area contributed by atoms with Gasteiger partial charge in [-0.25, -0.2) is 5.43 Å². The van der Waals surface area contributed by atoms with E-state index in [1.165, 1.54) is 0 Å². The van der Waals surface area contributed by atoms with E-state index in [1.807, 2.05) is 6.07 Å². The number of amides is 2. The summed E-state index contributed by atoms with van der Waals surface area (Å²) in [4.78, 5) is 22.8. The van der Waals surface area contributed by atoms with E-state index in [0.29, 0.717) is 11.3 Å². The molecule has 19 heavy (non-hydrogen) atoms. The minimum atomic E-state index is -0.418. The van der Waals surface area contributed by atoms with Gasteiger partial charge in [-0.15, -0.1) is 0 Å². The average molecular weight is 321 g/mol. The summed E-state index contributed by atoms with van der Waals surface area (Å²) < 4.78 is 0.754. The van der Waals surface area contributed by atoms with Crippen molar-refractivity contribution in [1.29, 1.82) is 5.26 Å². The van der Waals surface area contributed by atoms with Gasteiger partial charge in [0.25, 0.3) is 5.91 Å². The fourth-order valence-corrected chi connectivity index (χ4v) is 1.91. The highest BCUT2D eigenvalue weighted by Gasteiger charge is 2.19. The topological polar surface area (TPSA) is 94.3 Å². The maximum Gasteiger partial charge on any atom is 0.271 e. The molecule has 0 radical (unpaired) electrons. The summed E-state index contributed by atoms with van der Waals surface area (Å²) in [6, 6.07) is 6.96. The Morgan fingerprint density at radius 1 is 1.47 bits per heavy atom. The molecule has 0 spiro atoms. The van der Waals surface area contributed by atoms with Crippen LogP contribution in [0.4, 0.5) is 5.69 Å². The van der Waals surface area contributed by atoms with Crippen LogP contribution in [-0.4, -0.2) is 17.5 Å². The second-order valence-electron chi connectivity index (χ2n) is 3.85. The smallest absolute Gasteiger partial charge is 0.271 e. The van der Waals surface area contributed by atoms with Gasteiger partial charge >= 0.3 is 0 Å². The van der Waals surface area contributed by atoms with Gasteiger partial charge in [0.15, 0.2) is 0 Å². The first kappa shape index (κ1) is 13.2. The number of nitriles is 1. The molecule has 0 aliphatic carbocycles. The van der Waals surface area contributed by atoms with Gasteiger partial charge in [0.05, 0.1) is 11.3 Å². The highest BCUT2D eigenvalue weighted by molar-refractivity contribution is 9.10. The second kappa shape index (κ2) is 5.63. The number of benzene rings is 1. The maximum atomic E-state index is 11.9. The zero-order valence-corrected chi connectivity index (χ0v) is 11.3. The maximum absolute atomic E-state index is 11.9. The third kappa shape index (κ3) is 3.17. The molecule has 1 aliphatic heterocycles. The van der Waals surface area contributed by atoms with Crippen molar-refractivity contribution in [2.75, 3.05) is 5.32 Å². The van der Waals surface area contributed by atoms with Crippen LogP contribution in [-0.2, 0) is 9.59 Å². The van der Waals surface area contributed by atoms with E-state index in [4.69, 9.17) is 5.26 Å². The molecule has 0 saturated heterocycles. The summed E-state index contributed by atoms with van der Waals surface area (Å²) in [6.07, 6.45) is 0.522. The van der Waals surface area contributed by atoms with Crippen molar-refractivity contribution in [3.63, 3.8) is 0 Å². The standard InChI is InChI=1S/C12H9BrN4O2/c13-8-1-2-9(7(5-8)6-14)15-12(19)10-3-4-11(18)17-16-10/h1-2,5H,3-4H2,(H,15,19)(H,17,18). The Morgan fingerprint density at radius 3 is 2.89 bits per heavy atom. The Labute approximate surface area is 117 Å². The van der Waals surface area contributed by atoms with E-state index < -0.39 is 5.91 Å². The molecule has 0 aromatic heterocycles. The van der Waals surface area contributed by atoms with Crippen LogP contribution in [0.5, 0.6) is 0 Å². The molecule has 7 heteroatoms. The highest BCUT2D eigenvalue weighted by atomic mass is 79.9. The number of nitrogens with zero attached hydrogens (tertiary/aromatic N) is 2. The zero-order chi connectivity index (χ0) is 13.8. The number of hydrogen-bond acceptors (Lipinski definition) is 4. The summed E-state index contributed by atoms with van der Waals surface area (Å²) >= 11 is 3.25. The lowest BCUT2D eigenvalue weighted by atomic mass is 10.1. The molecule has 1 aromatic rings. The average Bonchev–Trinajstić information content (AvgIpc) is 2.41. The highest BCUT2D eigenvalue weighted by Crippen LogP contribution is 2.20. The molecular weight excluding hydrogens is 312 g/mol. The molecule has 0 fully saturated rings. The van der Waals surface area contributed by atoms with Crippen molar-refractivity contribution in [1.82, 2.24) is 5.43 Å². The van der Waals surface area contributed by atoms with E-state index in [2.05, 4.69) is 31.8 Å². The van der Waals surface area contributed by atoms with E-state index >= 15 is 0 Å². The van der Waals surface area contributed by atoms with Gasteiger partial charge in [-0.2, -0.15) is 10.4 Å². The molecule has 0 saturated carbocycles. The number of rotatable bonds is 2. The van der Waals surface area contributed by atoms with Crippen molar-refractivity contribution >= 4 is 39.1 Å². The quantitative estimate of drug-likeness (QED) is 0.865. The Bertz CT molecular complexity index is 619. The minimum absolute atomic E-state index is 0.210. The minimum Gasteiger partial charge on any atom is -0.320 e. The molecule has 1 heterocycles. The van der Waals surface area contributed by atoms with Crippen LogP contribution in [0, 0.1) is 11.3 Å². The fraction of sp³-hybridized carbons (Fsp3) is 0.167. The first-order valence-electron chi connectivity index (χ1n) is 5.46. The lowest BCUT2D eigenvalue weighted by Crippen LogP contribution is -2.32. The molecule has 1 aliphatic rings. The second-order valence-corrected chi connectivity index (χ2v) is 4.76. The summed E-state index contributed by atoms with van der Waals surface area (Å²) in [5.41, 5.74) is 3.26. The first-order chi connectivity index (χ1) is 9.10. The molecule has 0 atom stereocenters. The summed E-state index contributed by atoms with van der Waals surface area (Å²) in [7, 11) is 0. The molecule has 0 unspecified atom stereocenters. The van der Waals surface area contributed by atoms with Gasteiger partial charge in [-0.05, 0) is 18.2 Å². The molecular formula is C12H9BrN4O2. The number of hydrazone groups is 1. The van der Waals surface area contributed by atoms with Crippen LogP contribution in [0.2, 0.25) is 0 Å². The van der Waals surface area contributed by atoms with Crippen molar-refractivity contribution in [3.8, 4) is 6.07 Å². The molecule has 96 valence electrons. The third-order valence-electron chi connectivity index (χ3n) is 2.52. The summed E-state index contributed by atoms with van der Waals surface area (Å²) in [5.74, 6) is -0.628. The van der Waals surface area contributed by atoms with Crippen molar-refractivity contribution in [2.24, 2.45) is 5.10 Å². The third-order valence-corrected chi connectivity index (χ3v) is 3.01. The van der Waals surface area contributed by atoms with Gasteiger partial charge in [-0.1, -0.05) is 15.9 Å². The Hall–Kier alpha value is -2.20. The van der Waals surface area contributed by atoms with Gasteiger partial charge < -0.3 is 5.32 Å². The Morgan fingerprint density at radius 2 is 2.26 bits per heavy atom. The molecule has 2 amide bonds. The molecule has 0 bridgehead atoms. The predicted octanol–water partition coefficient (Wildman–Crippen LogP) is 1.53. The predicted molar refractivity (Wildman–Crippen MR) is 72.3 cm³/mol. The van der Waals surface area contributed by atoms with Crippen LogP contribution >= 0.6 is 15.9 Å². The van der Waals surface area contributed by atoms with Crippen LogP contribution in [0.25, 0.3) is 0 Å². The van der Waals surface area contributed by atoms with Crippen molar-refractivity contribution < 1.29 is 9.59 Å². The van der Waals surface area contributed by atoms with E-state index in [-0.39, 0.29) is 24.5 Å². The zero-order valence-electron chi connectivity index (χ0n) is 9.74. The molecule has 1 aromatic carbocycles. The van der Waals surface area contributed by atoms with E-state index in [1.54, 1.807) is 18.2 Å². The van der Waals surface area contributed by atoms with Gasteiger partial charge in [0.2, 0.25) is 5.91 Å². The largest absolute Gasteiger partial charge is 0.320 e. The van der Waals surface area contributed by atoms with Crippen LogP contribution in [0.1, 0.15) is 18.4 Å². The summed E-state index contributed by atoms with van der Waals surface area (Å²) in [5, 5.41) is 15.3. The van der Waals surface area contributed by atoms with Crippen LogP contribution < -0.4 is 10.7 Å². The van der Waals surface area contributed by atoms with Crippen molar-refractivity contribution in [2.45, 2.75) is 12.8 Å². The monoisotopic (exact) mass is 320 g/mol. The van der Waals surface area contributed by atoms with Crippen molar-refractivity contribution in [3.05, 3.63) is 28.2 Å². The number of carbonyl (C=O) groups is 2. The summed E-state index contributed by atoms with van der Waals surface area (Å²) in [6.45, 7) is 0. The van der Waals surface area contributed by atoms with E-state index in [0.717, 1.165) is 4.47 Å². The molecule has 2 rings (SSSR count).